The molecular formula is C20H31N3OS. The van der Waals surface area contributed by atoms with Crippen molar-refractivity contribution in [2.45, 2.75) is 46.7 Å². The molecule has 3 rings (SSSR count). The number of hydrogen-bond acceptors (Lipinski definition) is 4. The van der Waals surface area contributed by atoms with Crippen LogP contribution in [-0.4, -0.2) is 48.0 Å². The number of aromatic nitrogens is 1. The lowest BCUT2D eigenvalue weighted by atomic mass is 10.1. The number of nitrogens with one attached hydrogen (secondary N) is 1. The summed E-state index contributed by atoms with van der Waals surface area (Å²) in [6, 6.07) is 7.13. The van der Waals surface area contributed by atoms with Crippen molar-refractivity contribution in [1.29, 1.82) is 0 Å². The lowest BCUT2D eigenvalue weighted by Crippen LogP contribution is -2.32. The Morgan fingerprint density at radius 3 is 2.80 bits per heavy atom. The van der Waals surface area contributed by atoms with E-state index in [9.17, 15) is 4.79 Å². The molecule has 2 aromatic rings. The monoisotopic (exact) mass is 361 g/mol. The van der Waals surface area contributed by atoms with Crippen LogP contribution in [0.2, 0.25) is 0 Å². The predicted molar refractivity (Wildman–Crippen MR) is 109 cm³/mol. The summed E-state index contributed by atoms with van der Waals surface area (Å²) in [7, 11) is 4.42. The van der Waals surface area contributed by atoms with Crippen LogP contribution < -0.4 is 5.56 Å². The molecule has 1 N–H and O–H groups in total. The van der Waals surface area contributed by atoms with E-state index >= 15 is 0 Å². The molecular weight excluding hydrogens is 330 g/mol. The number of pyridine rings is 1. The molecule has 0 bridgehead atoms. The van der Waals surface area contributed by atoms with Crippen LogP contribution in [0.1, 0.15) is 36.9 Å². The number of aryl methyl sites for hydroxylation is 2. The number of nitrogens with zero attached hydrogens (tertiary/aromatic N) is 2. The van der Waals surface area contributed by atoms with E-state index in [2.05, 4.69) is 47.1 Å². The zero-order valence-corrected chi connectivity index (χ0v) is 15.9. The number of rotatable bonds is 5. The summed E-state index contributed by atoms with van der Waals surface area (Å²) in [5, 5.41) is 0. The first-order valence-corrected chi connectivity index (χ1v) is 9.50. The van der Waals surface area contributed by atoms with E-state index in [0.29, 0.717) is 6.04 Å². The predicted octanol–water partition coefficient (Wildman–Crippen LogP) is 3.75. The molecule has 2 aromatic heterocycles. The van der Waals surface area contributed by atoms with Crippen LogP contribution in [0, 0.1) is 6.92 Å². The third-order valence-electron chi connectivity index (χ3n) is 5.02. The average Bonchev–Trinajstić information content (AvgIpc) is 3.17. The Hall–Kier alpha value is -1.43. The number of likely N-dealkylation sites (tertiary alicyclic amines) is 1. The first kappa shape index (κ1) is 19.9. The van der Waals surface area contributed by atoms with Crippen LogP contribution in [0.25, 0.3) is 10.4 Å². The van der Waals surface area contributed by atoms with E-state index in [-0.39, 0.29) is 13.0 Å². The van der Waals surface area contributed by atoms with E-state index in [1.54, 1.807) is 0 Å². The van der Waals surface area contributed by atoms with Gasteiger partial charge in [-0.05, 0) is 58.6 Å². The quantitative estimate of drug-likeness (QED) is 0.882. The summed E-state index contributed by atoms with van der Waals surface area (Å²) in [5.74, 6) is 0. The highest BCUT2D eigenvalue weighted by Gasteiger charge is 2.23. The van der Waals surface area contributed by atoms with Gasteiger partial charge in [-0.2, -0.15) is 0 Å². The van der Waals surface area contributed by atoms with Gasteiger partial charge in [-0.15, -0.1) is 11.3 Å². The Bertz CT molecular complexity index is 765. The molecule has 3 heterocycles. The summed E-state index contributed by atoms with van der Waals surface area (Å²) in [6.07, 6.45) is 2.02. The molecule has 0 aromatic carbocycles. The SMILES string of the molecule is C.CCc1cc(-c2ccc(CN(C)C3CCN(C)C3)s2)c(C)[nH]c1=O. The van der Waals surface area contributed by atoms with Gasteiger partial charge < -0.3 is 9.88 Å². The highest BCUT2D eigenvalue weighted by Crippen LogP contribution is 2.31. The molecule has 1 aliphatic heterocycles. The summed E-state index contributed by atoms with van der Waals surface area (Å²) in [6.45, 7) is 7.36. The molecule has 1 unspecified atom stereocenters. The molecule has 0 radical (unpaired) electrons. The zero-order valence-electron chi connectivity index (χ0n) is 15.1. The molecule has 1 saturated heterocycles. The first-order valence-electron chi connectivity index (χ1n) is 8.68. The minimum atomic E-state index is 0. The largest absolute Gasteiger partial charge is 0.326 e. The third kappa shape index (κ3) is 4.40. The van der Waals surface area contributed by atoms with Crippen LogP contribution in [0.4, 0.5) is 0 Å². The normalized spacial score (nSPS) is 17.9. The second-order valence-electron chi connectivity index (χ2n) is 6.90. The van der Waals surface area contributed by atoms with Crippen molar-refractivity contribution >= 4 is 11.3 Å². The van der Waals surface area contributed by atoms with Gasteiger partial charge in [0, 0.05) is 45.7 Å². The van der Waals surface area contributed by atoms with Crippen LogP contribution in [0.3, 0.4) is 0 Å². The molecule has 4 nitrogen and oxygen atoms in total. The molecule has 0 spiro atoms. The second-order valence-corrected chi connectivity index (χ2v) is 8.07. The molecule has 138 valence electrons. The average molecular weight is 362 g/mol. The number of likely N-dealkylation sites (N-methyl/N-ethyl adjacent to an activating group) is 2. The van der Waals surface area contributed by atoms with E-state index in [1.165, 1.54) is 22.7 Å². The fourth-order valence-electron chi connectivity index (χ4n) is 3.44. The second kappa shape index (κ2) is 8.30. The minimum absolute atomic E-state index is 0. The van der Waals surface area contributed by atoms with E-state index in [0.717, 1.165) is 36.3 Å². The Balaban J connectivity index is 0.00000225. The summed E-state index contributed by atoms with van der Waals surface area (Å²) < 4.78 is 0. The molecule has 0 saturated carbocycles. The van der Waals surface area contributed by atoms with Crippen molar-refractivity contribution in [3.8, 4) is 10.4 Å². The minimum Gasteiger partial charge on any atom is -0.326 e. The van der Waals surface area contributed by atoms with Gasteiger partial charge in [0.05, 0.1) is 0 Å². The summed E-state index contributed by atoms with van der Waals surface area (Å²) in [5.41, 5.74) is 3.01. The van der Waals surface area contributed by atoms with Crippen molar-refractivity contribution in [1.82, 2.24) is 14.8 Å². The molecule has 1 aliphatic rings. The topological polar surface area (TPSA) is 39.3 Å². The molecule has 5 heteroatoms. The van der Waals surface area contributed by atoms with E-state index in [4.69, 9.17) is 0 Å². The highest BCUT2D eigenvalue weighted by atomic mass is 32.1. The number of hydrogen-bond donors (Lipinski definition) is 1. The zero-order chi connectivity index (χ0) is 17.3. The van der Waals surface area contributed by atoms with Crippen molar-refractivity contribution in [2.24, 2.45) is 0 Å². The summed E-state index contributed by atoms with van der Waals surface area (Å²) in [4.78, 5) is 22.4. The van der Waals surface area contributed by atoms with Gasteiger partial charge >= 0.3 is 0 Å². The van der Waals surface area contributed by atoms with Crippen LogP contribution >= 0.6 is 11.3 Å². The maximum Gasteiger partial charge on any atom is 0.251 e. The third-order valence-corrected chi connectivity index (χ3v) is 6.12. The molecule has 1 fully saturated rings. The van der Waals surface area contributed by atoms with E-state index in [1.807, 2.05) is 25.2 Å². The smallest absolute Gasteiger partial charge is 0.251 e. The summed E-state index contributed by atoms with van der Waals surface area (Å²) >= 11 is 1.84. The van der Waals surface area contributed by atoms with Gasteiger partial charge in [-0.25, -0.2) is 0 Å². The fourth-order valence-corrected chi connectivity index (χ4v) is 4.58. The maximum atomic E-state index is 11.9. The molecule has 25 heavy (non-hydrogen) atoms. The number of aromatic amines is 1. The van der Waals surface area contributed by atoms with Crippen LogP contribution in [0.5, 0.6) is 0 Å². The van der Waals surface area contributed by atoms with Gasteiger partial charge in [-0.1, -0.05) is 14.4 Å². The van der Waals surface area contributed by atoms with Gasteiger partial charge in [0.15, 0.2) is 0 Å². The van der Waals surface area contributed by atoms with Gasteiger partial charge in [0.1, 0.15) is 0 Å². The van der Waals surface area contributed by atoms with Crippen molar-refractivity contribution in [3.63, 3.8) is 0 Å². The highest BCUT2D eigenvalue weighted by molar-refractivity contribution is 7.15. The van der Waals surface area contributed by atoms with Gasteiger partial charge in [0.25, 0.3) is 5.56 Å². The standard InChI is InChI=1S/C19H27N3OS.CH4/c1-5-14-10-17(13(2)20-19(14)23)18-7-6-16(24-18)12-22(4)15-8-9-21(3)11-15;/h6-7,10,15H,5,8-9,11-12H2,1-4H3,(H,20,23);1H4. The number of thiophene rings is 1. The number of H-pyrrole nitrogens is 1. The first-order chi connectivity index (χ1) is 11.5. The lowest BCUT2D eigenvalue weighted by molar-refractivity contribution is 0.236. The Morgan fingerprint density at radius 2 is 2.16 bits per heavy atom. The molecule has 1 atom stereocenters. The van der Waals surface area contributed by atoms with Crippen molar-refractivity contribution in [2.75, 3.05) is 27.2 Å². The van der Waals surface area contributed by atoms with Gasteiger partial charge in [0.2, 0.25) is 0 Å². The lowest BCUT2D eigenvalue weighted by Gasteiger charge is -2.23. The van der Waals surface area contributed by atoms with Crippen molar-refractivity contribution < 1.29 is 0 Å². The Kier molecular flexibility index (Phi) is 6.60. The molecule has 0 aliphatic carbocycles. The fraction of sp³-hybridized carbons (Fsp3) is 0.550. The maximum absolute atomic E-state index is 11.9. The van der Waals surface area contributed by atoms with Crippen molar-refractivity contribution in [3.05, 3.63) is 44.7 Å². The Morgan fingerprint density at radius 1 is 1.40 bits per heavy atom. The Labute approximate surface area is 155 Å². The van der Waals surface area contributed by atoms with Gasteiger partial charge in [-0.3, -0.25) is 9.69 Å². The van der Waals surface area contributed by atoms with Crippen LogP contribution in [-0.2, 0) is 13.0 Å². The molecule has 0 amide bonds. The van der Waals surface area contributed by atoms with E-state index < -0.39 is 0 Å². The van der Waals surface area contributed by atoms with Crippen LogP contribution in [0.15, 0.2) is 23.0 Å².